The summed E-state index contributed by atoms with van der Waals surface area (Å²) in [6, 6.07) is 11.8. The quantitative estimate of drug-likeness (QED) is 0.720. The Morgan fingerprint density at radius 1 is 1.20 bits per heavy atom. The Kier molecular flexibility index (Phi) is 6.65. The smallest absolute Gasteiger partial charge is 0.234 e. The largest absolute Gasteiger partial charge is 0.492 e. The molecule has 0 aliphatic heterocycles. The van der Waals surface area contributed by atoms with Crippen molar-refractivity contribution in [3.63, 3.8) is 0 Å². The summed E-state index contributed by atoms with van der Waals surface area (Å²) in [6.45, 7) is 9.64. The third kappa shape index (κ3) is 6.27. The van der Waals surface area contributed by atoms with E-state index < -0.39 is 0 Å². The summed E-state index contributed by atoms with van der Waals surface area (Å²) in [5, 5.41) is 5.95. The number of furan rings is 1. The molecule has 0 saturated carbocycles. The van der Waals surface area contributed by atoms with Crippen molar-refractivity contribution in [3.05, 3.63) is 54.0 Å². The molecule has 1 amide bonds. The zero-order valence-electron chi connectivity index (χ0n) is 15.5. The minimum atomic E-state index is -0.0647. The number of benzene rings is 1. The van der Waals surface area contributed by atoms with Gasteiger partial charge < -0.3 is 14.5 Å². The molecule has 0 saturated heterocycles. The number of carbonyl (C=O) groups excluding carboxylic acids is 1. The molecule has 25 heavy (non-hydrogen) atoms. The molecule has 0 aliphatic carbocycles. The Morgan fingerprint density at radius 3 is 2.52 bits per heavy atom. The van der Waals surface area contributed by atoms with Crippen molar-refractivity contribution in [1.29, 1.82) is 0 Å². The third-order valence-electron chi connectivity index (χ3n) is 3.95. The molecule has 0 unspecified atom stereocenters. The van der Waals surface area contributed by atoms with Gasteiger partial charge in [-0.05, 0) is 42.2 Å². The standard InChI is InChI=1S/C20H28N2O3/c1-15(18-6-5-12-25-18)22-14-19(23)21-11-13-24-17-9-7-16(8-10-17)20(2,3)4/h5-10,12,15,22H,11,13-14H2,1-4H3,(H,21,23)/t15-/m0/s1. The summed E-state index contributed by atoms with van der Waals surface area (Å²) < 4.78 is 10.9. The first-order valence-electron chi connectivity index (χ1n) is 8.63. The van der Waals surface area contributed by atoms with E-state index in [1.54, 1.807) is 6.26 Å². The molecule has 1 aromatic carbocycles. The first-order chi connectivity index (χ1) is 11.9. The molecule has 2 rings (SSSR count). The van der Waals surface area contributed by atoms with Gasteiger partial charge in [-0.25, -0.2) is 0 Å². The van der Waals surface area contributed by atoms with E-state index >= 15 is 0 Å². The van der Waals surface area contributed by atoms with E-state index in [1.165, 1.54) is 5.56 Å². The minimum absolute atomic E-state index is 0.00155. The van der Waals surface area contributed by atoms with E-state index in [0.29, 0.717) is 13.2 Å². The lowest BCUT2D eigenvalue weighted by Crippen LogP contribution is -2.36. The second-order valence-corrected chi connectivity index (χ2v) is 7.09. The van der Waals surface area contributed by atoms with Crippen molar-refractivity contribution in [2.24, 2.45) is 0 Å². The Labute approximate surface area is 149 Å². The van der Waals surface area contributed by atoms with Crippen LogP contribution in [0, 0.1) is 0 Å². The van der Waals surface area contributed by atoms with Crippen molar-refractivity contribution >= 4 is 5.91 Å². The molecule has 1 aromatic heterocycles. The molecule has 0 bridgehead atoms. The van der Waals surface area contributed by atoms with Gasteiger partial charge in [0.25, 0.3) is 0 Å². The minimum Gasteiger partial charge on any atom is -0.492 e. The summed E-state index contributed by atoms with van der Waals surface area (Å²) in [4.78, 5) is 11.8. The fourth-order valence-electron chi connectivity index (χ4n) is 2.36. The topological polar surface area (TPSA) is 63.5 Å². The van der Waals surface area contributed by atoms with Crippen LogP contribution in [-0.4, -0.2) is 25.6 Å². The third-order valence-corrected chi connectivity index (χ3v) is 3.95. The lowest BCUT2D eigenvalue weighted by atomic mass is 9.87. The number of amides is 1. The first-order valence-corrected chi connectivity index (χ1v) is 8.63. The van der Waals surface area contributed by atoms with Crippen LogP contribution in [0.3, 0.4) is 0 Å². The van der Waals surface area contributed by atoms with E-state index in [1.807, 2.05) is 31.2 Å². The molecule has 0 fully saturated rings. The second-order valence-electron chi connectivity index (χ2n) is 7.09. The van der Waals surface area contributed by atoms with Gasteiger partial charge in [0, 0.05) is 0 Å². The van der Waals surface area contributed by atoms with Crippen LogP contribution in [0.2, 0.25) is 0 Å². The van der Waals surface area contributed by atoms with E-state index in [-0.39, 0.29) is 23.9 Å². The van der Waals surface area contributed by atoms with E-state index in [9.17, 15) is 4.79 Å². The molecular formula is C20H28N2O3. The molecule has 5 nitrogen and oxygen atoms in total. The average molecular weight is 344 g/mol. The van der Waals surface area contributed by atoms with Gasteiger partial charge in [0.2, 0.25) is 5.91 Å². The van der Waals surface area contributed by atoms with Crippen LogP contribution < -0.4 is 15.4 Å². The summed E-state index contributed by atoms with van der Waals surface area (Å²) in [5.74, 6) is 1.56. The van der Waals surface area contributed by atoms with Gasteiger partial charge in [0.1, 0.15) is 18.1 Å². The molecule has 1 atom stereocenters. The highest BCUT2D eigenvalue weighted by molar-refractivity contribution is 5.78. The monoisotopic (exact) mass is 344 g/mol. The predicted molar refractivity (Wildman–Crippen MR) is 98.8 cm³/mol. The van der Waals surface area contributed by atoms with Crippen LogP contribution >= 0.6 is 0 Å². The maximum atomic E-state index is 11.8. The molecule has 0 spiro atoms. The van der Waals surface area contributed by atoms with Crippen LogP contribution in [0.5, 0.6) is 5.75 Å². The van der Waals surface area contributed by atoms with Crippen LogP contribution in [0.1, 0.15) is 45.1 Å². The van der Waals surface area contributed by atoms with Gasteiger partial charge in [0.15, 0.2) is 0 Å². The predicted octanol–water partition coefficient (Wildman–Crippen LogP) is 3.42. The van der Waals surface area contributed by atoms with E-state index in [2.05, 4.69) is 43.5 Å². The summed E-state index contributed by atoms with van der Waals surface area (Å²) in [5.41, 5.74) is 1.40. The van der Waals surface area contributed by atoms with Gasteiger partial charge in [-0.15, -0.1) is 0 Å². The molecule has 1 heterocycles. The van der Waals surface area contributed by atoms with Crippen LogP contribution in [-0.2, 0) is 10.2 Å². The fourth-order valence-corrected chi connectivity index (χ4v) is 2.36. The SMILES string of the molecule is C[C@H](NCC(=O)NCCOc1ccc(C(C)(C)C)cc1)c1ccco1. The molecule has 136 valence electrons. The zero-order valence-corrected chi connectivity index (χ0v) is 15.5. The molecule has 0 aliphatic rings. The van der Waals surface area contributed by atoms with Crippen molar-refractivity contribution in [2.45, 2.75) is 39.2 Å². The highest BCUT2D eigenvalue weighted by atomic mass is 16.5. The van der Waals surface area contributed by atoms with Gasteiger partial charge in [0.05, 0.1) is 25.4 Å². The number of nitrogens with one attached hydrogen (secondary N) is 2. The van der Waals surface area contributed by atoms with Gasteiger partial charge >= 0.3 is 0 Å². The molecule has 5 heteroatoms. The van der Waals surface area contributed by atoms with Gasteiger partial charge in [-0.1, -0.05) is 32.9 Å². The van der Waals surface area contributed by atoms with Crippen molar-refractivity contribution in [2.75, 3.05) is 19.7 Å². The maximum Gasteiger partial charge on any atom is 0.234 e. The Morgan fingerprint density at radius 2 is 1.92 bits per heavy atom. The Hall–Kier alpha value is -2.27. The highest BCUT2D eigenvalue weighted by Crippen LogP contribution is 2.24. The Bertz CT molecular complexity index is 643. The molecule has 2 aromatic rings. The lowest BCUT2D eigenvalue weighted by molar-refractivity contribution is -0.120. The van der Waals surface area contributed by atoms with Gasteiger partial charge in [-0.2, -0.15) is 0 Å². The number of rotatable bonds is 8. The van der Waals surface area contributed by atoms with Crippen LogP contribution in [0.15, 0.2) is 47.1 Å². The van der Waals surface area contributed by atoms with E-state index in [4.69, 9.17) is 9.15 Å². The van der Waals surface area contributed by atoms with E-state index in [0.717, 1.165) is 11.5 Å². The number of hydrogen-bond donors (Lipinski definition) is 2. The fraction of sp³-hybridized carbons (Fsp3) is 0.450. The lowest BCUT2D eigenvalue weighted by Gasteiger charge is -2.19. The van der Waals surface area contributed by atoms with Crippen molar-refractivity contribution < 1.29 is 13.9 Å². The van der Waals surface area contributed by atoms with Crippen molar-refractivity contribution in [3.8, 4) is 5.75 Å². The van der Waals surface area contributed by atoms with Crippen molar-refractivity contribution in [1.82, 2.24) is 10.6 Å². The highest BCUT2D eigenvalue weighted by Gasteiger charge is 2.13. The summed E-state index contributed by atoms with van der Waals surface area (Å²) >= 11 is 0. The van der Waals surface area contributed by atoms with Gasteiger partial charge in [-0.3, -0.25) is 10.1 Å². The van der Waals surface area contributed by atoms with Crippen LogP contribution in [0.25, 0.3) is 0 Å². The first kappa shape index (κ1) is 19.1. The summed E-state index contributed by atoms with van der Waals surface area (Å²) in [7, 11) is 0. The number of ether oxygens (including phenoxy) is 1. The molecule has 0 radical (unpaired) electrons. The number of carbonyl (C=O) groups is 1. The summed E-state index contributed by atoms with van der Waals surface area (Å²) in [6.07, 6.45) is 1.62. The molecular weight excluding hydrogens is 316 g/mol. The molecule has 2 N–H and O–H groups in total. The van der Waals surface area contributed by atoms with Crippen LogP contribution in [0.4, 0.5) is 0 Å². The second kappa shape index (κ2) is 8.72. The average Bonchev–Trinajstić information content (AvgIpc) is 3.11. The Balaban J connectivity index is 1.63. The maximum absolute atomic E-state index is 11.8. The number of hydrogen-bond acceptors (Lipinski definition) is 4. The normalized spacial score (nSPS) is 12.6. The zero-order chi connectivity index (χ0) is 18.3.